The third kappa shape index (κ3) is 2.95. The van der Waals surface area contributed by atoms with Gasteiger partial charge in [0.25, 0.3) is 5.91 Å². The number of rotatable bonds is 2. The fraction of sp³-hybridized carbons (Fsp3) is 0. The van der Waals surface area contributed by atoms with Gasteiger partial charge in [-0.05, 0) is 36.4 Å². The van der Waals surface area contributed by atoms with Crippen LogP contribution in [0.3, 0.4) is 0 Å². The lowest BCUT2D eigenvalue weighted by Crippen LogP contribution is -2.13. The van der Waals surface area contributed by atoms with Crippen molar-refractivity contribution in [2.45, 2.75) is 0 Å². The van der Waals surface area contributed by atoms with Gasteiger partial charge in [0.15, 0.2) is 0 Å². The highest BCUT2D eigenvalue weighted by Gasteiger charge is 2.10. The topological polar surface area (TPSA) is 76.7 Å². The predicted molar refractivity (Wildman–Crippen MR) is 75.3 cm³/mol. The number of carbonyl (C=O) groups is 1. The minimum atomic E-state index is -0.402. The zero-order valence-electron chi connectivity index (χ0n) is 10.2. The lowest BCUT2D eigenvalue weighted by molar-refractivity contribution is 0.102. The van der Waals surface area contributed by atoms with Gasteiger partial charge in [0.05, 0.1) is 22.9 Å². The summed E-state index contributed by atoms with van der Waals surface area (Å²) in [6.45, 7) is 0. The molecule has 0 aliphatic rings. The number of hydrogen-bond acceptors (Lipinski definition) is 3. The molecule has 0 aliphatic heterocycles. The first-order valence-electron chi connectivity index (χ1n) is 5.65. The molecule has 0 spiro atoms. The molecule has 0 fully saturated rings. The van der Waals surface area contributed by atoms with Crippen LogP contribution in [-0.2, 0) is 0 Å². The van der Waals surface area contributed by atoms with Crippen molar-refractivity contribution < 1.29 is 4.79 Å². The Bertz CT molecular complexity index is 756. The van der Waals surface area contributed by atoms with Crippen LogP contribution in [0.4, 0.5) is 5.69 Å². The minimum Gasteiger partial charge on any atom is -0.321 e. The maximum absolute atomic E-state index is 12.1. The maximum atomic E-state index is 12.1. The number of hydrogen-bond donors (Lipinski definition) is 1. The van der Waals surface area contributed by atoms with Crippen LogP contribution in [0.1, 0.15) is 21.5 Å². The summed E-state index contributed by atoms with van der Waals surface area (Å²) in [5.41, 5.74) is 1.39. The number of anilines is 1. The van der Waals surface area contributed by atoms with Crippen LogP contribution in [-0.4, -0.2) is 5.91 Å². The maximum Gasteiger partial charge on any atom is 0.255 e. The molecule has 0 aromatic heterocycles. The van der Waals surface area contributed by atoms with Gasteiger partial charge in [-0.15, -0.1) is 0 Å². The van der Waals surface area contributed by atoms with E-state index in [1.165, 1.54) is 18.2 Å². The van der Waals surface area contributed by atoms with Crippen molar-refractivity contribution in [1.82, 2.24) is 0 Å². The summed E-state index contributed by atoms with van der Waals surface area (Å²) >= 11 is 5.85. The summed E-state index contributed by atoms with van der Waals surface area (Å²) in [5.74, 6) is -0.402. The highest BCUT2D eigenvalue weighted by molar-refractivity contribution is 6.31. The molecule has 0 heterocycles. The summed E-state index contributed by atoms with van der Waals surface area (Å²) in [5, 5.41) is 20.8. The van der Waals surface area contributed by atoms with Crippen molar-refractivity contribution in [2.24, 2.45) is 0 Å². The van der Waals surface area contributed by atoms with Gasteiger partial charge in [-0.3, -0.25) is 4.79 Å². The van der Waals surface area contributed by atoms with Gasteiger partial charge in [-0.1, -0.05) is 17.7 Å². The van der Waals surface area contributed by atoms with Gasteiger partial charge >= 0.3 is 0 Å². The number of nitriles is 2. The first kappa shape index (κ1) is 13.6. The fourth-order valence-corrected chi connectivity index (χ4v) is 1.81. The Morgan fingerprint density at radius 3 is 2.60 bits per heavy atom. The van der Waals surface area contributed by atoms with E-state index in [2.05, 4.69) is 5.32 Å². The molecule has 0 saturated heterocycles. The smallest absolute Gasteiger partial charge is 0.255 e. The molecule has 20 heavy (non-hydrogen) atoms. The third-order valence-corrected chi connectivity index (χ3v) is 2.84. The van der Waals surface area contributed by atoms with Crippen molar-refractivity contribution in [1.29, 1.82) is 10.5 Å². The fourth-order valence-electron chi connectivity index (χ4n) is 1.64. The molecular formula is C15H8ClN3O. The standard InChI is InChI=1S/C15H8ClN3O/c16-13-5-4-12(9-18)14(7-13)19-15(20)11-3-1-2-10(6-11)8-17/h1-7H,(H,19,20). The first-order valence-corrected chi connectivity index (χ1v) is 6.03. The second kappa shape index (κ2) is 5.88. The molecule has 0 atom stereocenters. The molecule has 2 aromatic rings. The number of carbonyl (C=O) groups excluding carboxylic acids is 1. The molecule has 96 valence electrons. The summed E-state index contributed by atoms with van der Waals surface area (Å²) in [4.78, 5) is 12.1. The Kier molecular flexibility index (Phi) is 4.00. The average Bonchev–Trinajstić information content (AvgIpc) is 2.47. The van der Waals surface area contributed by atoms with E-state index in [-0.39, 0.29) is 0 Å². The van der Waals surface area contributed by atoms with E-state index in [4.69, 9.17) is 22.1 Å². The van der Waals surface area contributed by atoms with E-state index in [0.717, 1.165) is 0 Å². The van der Waals surface area contributed by atoms with E-state index in [9.17, 15) is 4.79 Å². The highest BCUT2D eigenvalue weighted by Crippen LogP contribution is 2.21. The molecule has 0 radical (unpaired) electrons. The van der Waals surface area contributed by atoms with Crippen LogP contribution < -0.4 is 5.32 Å². The van der Waals surface area contributed by atoms with Crippen LogP contribution in [0.25, 0.3) is 0 Å². The van der Waals surface area contributed by atoms with E-state index in [1.807, 2.05) is 12.1 Å². The minimum absolute atomic E-state index is 0.319. The second-order valence-electron chi connectivity index (χ2n) is 3.95. The number of nitrogens with one attached hydrogen (secondary N) is 1. The molecule has 0 unspecified atom stereocenters. The van der Waals surface area contributed by atoms with Crippen molar-refractivity contribution in [3.8, 4) is 12.1 Å². The van der Waals surface area contributed by atoms with Crippen LogP contribution in [0, 0.1) is 22.7 Å². The number of amides is 1. The molecule has 2 rings (SSSR count). The van der Waals surface area contributed by atoms with Gasteiger partial charge in [0.2, 0.25) is 0 Å². The first-order chi connectivity index (χ1) is 9.63. The zero-order chi connectivity index (χ0) is 14.5. The summed E-state index contributed by atoms with van der Waals surface area (Å²) < 4.78 is 0. The number of nitrogens with zero attached hydrogens (tertiary/aromatic N) is 2. The predicted octanol–water partition coefficient (Wildman–Crippen LogP) is 3.34. The zero-order valence-corrected chi connectivity index (χ0v) is 11.0. The normalized spacial score (nSPS) is 9.35. The molecule has 1 amide bonds. The van der Waals surface area contributed by atoms with Crippen molar-refractivity contribution in [2.75, 3.05) is 5.32 Å². The molecular weight excluding hydrogens is 274 g/mol. The molecule has 2 aromatic carbocycles. The van der Waals surface area contributed by atoms with Crippen molar-refractivity contribution in [3.63, 3.8) is 0 Å². The van der Waals surface area contributed by atoms with Crippen molar-refractivity contribution >= 4 is 23.2 Å². The van der Waals surface area contributed by atoms with Gasteiger partial charge in [0.1, 0.15) is 6.07 Å². The Morgan fingerprint density at radius 1 is 1.10 bits per heavy atom. The molecule has 0 aliphatic carbocycles. The van der Waals surface area contributed by atoms with Crippen molar-refractivity contribution in [3.05, 3.63) is 64.2 Å². The van der Waals surface area contributed by atoms with Gasteiger partial charge in [0, 0.05) is 10.6 Å². The Balaban J connectivity index is 2.30. The third-order valence-electron chi connectivity index (χ3n) is 2.60. The van der Waals surface area contributed by atoms with E-state index in [1.54, 1.807) is 24.3 Å². The summed E-state index contributed by atoms with van der Waals surface area (Å²) in [7, 11) is 0. The lowest BCUT2D eigenvalue weighted by Gasteiger charge is -2.07. The van der Waals surface area contributed by atoms with Crippen LogP contribution in [0.2, 0.25) is 5.02 Å². The van der Waals surface area contributed by atoms with Gasteiger partial charge < -0.3 is 5.32 Å². The van der Waals surface area contributed by atoms with E-state index >= 15 is 0 Å². The molecule has 0 saturated carbocycles. The Hall–Kier alpha value is -2.82. The monoisotopic (exact) mass is 281 g/mol. The SMILES string of the molecule is N#Cc1cccc(C(=O)Nc2cc(Cl)ccc2C#N)c1. The number of halogens is 1. The van der Waals surface area contributed by atoms with Crippen LogP contribution in [0.15, 0.2) is 42.5 Å². The highest BCUT2D eigenvalue weighted by atomic mass is 35.5. The lowest BCUT2D eigenvalue weighted by atomic mass is 10.1. The van der Waals surface area contributed by atoms with E-state index < -0.39 is 5.91 Å². The second-order valence-corrected chi connectivity index (χ2v) is 4.38. The largest absolute Gasteiger partial charge is 0.321 e. The Morgan fingerprint density at radius 2 is 1.90 bits per heavy atom. The van der Waals surface area contributed by atoms with Crippen LogP contribution in [0.5, 0.6) is 0 Å². The number of benzene rings is 2. The van der Waals surface area contributed by atoms with Crippen LogP contribution >= 0.6 is 11.6 Å². The van der Waals surface area contributed by atoms with E-state index in [0.29, 0.717) is 27.4 Å². The molecule has 4 nitrogen and oxygen atoms in total. The summed E-state index contributed by atoms with van der Waals surface area (Å²) in [6, 6.07) is 14.9. The quantitative estimate of drug-likeness (QED) is 0.917. The van der Waals surface area contributed by atoms with Gasteiger partial charge in [-0.2, -0.15) is 10.5 Å². The molecule has 0 bridgehead atoms. The Labute approximate surface area is 120 Å². The molecule has 1 N–H and O–H groups in total. The summed E-state index contributed by atoms with van der Waals surface area (Å²) in [6.07, 6.45) is 0. The van der Waals surface area contributed by atoms with Gasteiger partial charge in [-0.25, -0.2) is 0 Å². The average molecular weight is 282 g/mol. The molecule has 5 heteroatoms.